The average molecular weight is 471 g/mol. The molecule has 1 fully saturated rings. The largest absolute Gasteiger partial charge is 0.505 e. The van der Waals surface area contributed by atoms with E-state index in [2.05, 4.69) is 0 Å². The molecule has 7 nitrogen and oxygen atoms in total. The minimum absolute atomic E-state index is 0.0438. The van der Waals surface area contributed by atoms with Gasteiger partial charge in [-0.25, -0.2) is 12.9 Å². The second kappa shape index (κ2) is 10.1. The van der Waals surface area contributed by atoms with Gasteiger partial charge >= 0.3 is 6.18 Å². The van der Waals surface area contributed by atoms with Gasteiger partial charge in [0.25, 0.3) is 0 Å². The Bertz CT molecular complexity index is 1100. The van der Waals surface area contributed by atoms with Gasteiger partial charge in [-0.2, -0.15) is 23.7 Å². The Balaban J connectivity index is 0.000000303. The normalized spacial score (nSPS) is 19.4. The van der Waals surface area contributed by atoms with Gasteiger partial charge in [-0.1, -0.05) is 0 Å². The summed E-state index contributed by atoms with van der Waals surface area (Å²) < 4.78 is 64.0. The molecule has 1 aliphatic heterocycles. The van der Waals surface area contributed by atoms with Crippen LogP contribution in [0.15, 0.2) is 41.3 Å². The van der Waals surface area contributed by atoms with E-state index >= 15 is 0 Å². The molecule has 0 aromatic heterocycles. The summed E-state index contributed by atoms with van der Waals surface area (Å²) in [5, 5.41) is 44.9. The summed E-state index contributed by atoms with van der Waals surface area (Å²) in [5.41, 5.74) is -2.49. The first-order valence-corrected chi connectivity index (χ1v) is 10.0. The van der Waals surface area contributed by atoms with Crippen LogP contribution in [0.2, 0.25) is 0 Å². The number of halogens is 4. The average Bonchev–Trinajstić information content (AvgIpc) is 3.17. The monoisotopic (exact) mass is 471 g/mol. The van der Waals surface area contributed by atoms with Crippen LogP contribution in [0.3, 0.4) is 0 Å². The number of nitriles is 2. The number of aliphatic hydroxyl groups is 2. The van der Waals surface area contributed by atoms with Crippen molar-refractivity contribution in [1.29, 1.82) is 10.5 Å². The smallest absolute Gasteiger partial charge is 0.416 e. The SMILES string of the molecule is N#Cc1cc(C(F)(F)F)ccc1S(=O)N1CCC(O)(CO)C1.N#Cc1ccc(O)c(F)c1. The van der Waals surface area contributed by atoms with Gasteiger partial charge in [0.15, 0.2) is 11.6 Å². The highest BCUT2D eigenvalue weighted by Gasteiger charge is 2.39. The first kappa shape index (κ1) is 25.2. The van der Waals surface area contributed by atoms with Crippen LogP contribution in [-0.2, 0) is 17.2 Å². The van der Waals surface area contributed by atoms with Gasteiger partial charge < -0.3 is 15.3 Å². The summed E-state index contributed by atoms with van der Waals surface area (Å²) in [6.45, 7) is -0.379. The molecule has 1 heterocycles. The Hall–Kier alpha value is -3.03. The molecule has 2 unspecified atom stereocenters. The number of alkyl halides is 3. The lowest BCUT2D eigenvalue weighted by Gasteiger charge is -2.20. The summed E-state index contributed by atoms with van der Waals surface area (Å²) in [6, 6.07) is 9.26. The Labute approximate surface area is 183 Å². The molecule has 1 saturated heterocycles. The number of phenolic OH excluding ortho intramolecular Hbond substituents is 1. The quantitative estimate of drug-likeness (QED) is 0.590. The van der Waals surface area contributed by atoms with E-state index < -0.39 is 46.5 Å². The predicted molar refractivity (Wildman–Crippen MR) is 104 cm³/mol. The fourth-order valence-corrected chi connectivity index (χ4v) is 4.12. The van der Waals surface area contributed by atoms with Gasteiger partial charge in [-0.15, -0.1) is 0 Å². The van der Waals surface area contributed by atoms with Crippen molar-refractivity contribution in [3.05, 3.63) is 58.9 Å². The molecule has 0 saturated carbocycles. The highest BCUT2D eigenvalue weighted by Crippen LogP contribution is 2.32. The van der Waals surface area contributed by atoms with Crippen LogP contribution in [0.4, 0.5) is 17.6 Å². The maximum Gasteiger partial charge on any atom is 0.416 e. The first-order valence-electron chi connectivity index (χ1n) is 8.94. The number of phenols is 1. The van der Waals surface area contributed by atoms with Gasteiger partial charge in [-0.3, -0.25) is 0 Å². The second-order valence-electron chi connectivity index (χ2n) is 6.84. The summed E-state index contributed by atoms with van der Waals surface area (Å²) in [4.78, 5) is -0.0438. The third kappa shape index (κ3) is 6.02. The minimum Gasteiger partial charge on any atom is -0.505 e. The van der Waals surface area contributed by atoms with E-state index in [-0.39, 0.29) is 35.5 Å². The van der Waals surface area contributed by atoms with Crippen molar-refractivity contribution in [2.45, 2.75) is 23.1 Å². The second-order valence-corrected chi connectivity index (χ2v) is 8.30. The molecule has 3 N–H and O–H groups in total. The summed E-state index contributed by atoms with van der Waals surface area (Å²) in [6.07, 6.45) is -4.39. The Morgan fingerprint density at radius 2 is 1.84 bits per heavy atom. The maximum atomic E-state index is 12.6. The van der Waals surface area contributed by atoms with Crippen molar-refractivity contribution in [1.82, 2.24) is 4.31 Å². The number of hydrogen-bond donors (Lipinski definition) is 3. The zero-order valence-electron chi connectivity index (χ0n) is 16.3. The molecule has 0 radical (unpaired) electrons. The van der Waals surface area contributed by atoms with Gasteiger partial charge in [0, 0.05) is 13.1 Å². The molecular weight excluding hydrogens is 454 g/mol. The molecule has 1 aliphatic rings. The lowest BCUT2D eigenvalue weighted by atomic mass is 10.1. The zero-order chi connectivity index (χ0) is 24.1. The molecule has 0 amide bonds. The summed E-state index contributed by atoms with van der Waals surface area (Å²) in [5.74, 6) is -1.20. The van der Waals surface area contributed by atoms with Crippen molar-refractivity contribution in [2.75, 3.05) is 19.7 Å². The van der Waals surface area contributed by atoms with Crippen LogP contribution in [0.1, 0.15) is 23.1 Å². The molecule has 2 atom stereocenters. The molecule has 170 valence electrons. The number of aromatic hydroxyl groups is 1. The Morgan fingerprint density at radius 1 is 1.16 bits per heavy atom. The standard InChI is InChI=1S/C13H13F3N2O3S.C7H4FNO/c14-13(15,16)10-1-2-11(9(5-10)6-17)22(21)18-4-3-12(20,7-18)8-19;8-6-3-5(4-9)1-2-7(6)10/h1-2,5,19-20H,3-4,7-8H2;1-3,10H. The van der Waals surface area contributed by atoms with Crippen molar-refractivity contribution < 1.29 is 37.1 Å². The zero-order valence-corrected chi connectivity index (χ0v) is 17.1. The molecule has 32 heavy (non-hydrogen) atoms. The van der Waals surface area contributed by atoms with Crippen molar-refractivity contribution in [3.63, 3.8) is 0 Å². The number of hydrogen-bond acceptors (Lipinski definition) is 6. The van der Waals surface area contributed by atoms with Crippen molar-refractivity contribution in [3.8, 4) is 17.9 Å². The summed E-state index contributed by atoms with van der Waals surface area (Å²) in [7, 11) is -1.88. The molecule has 0 spiro atoms. The van der Waals surface area contributed by atoms with Crippen molar-refractivity contribution >= 4 is 11.0 Å². The number of nitrogens with zero attached hydrogens (tertiary/aromatic N) is 3. The number of β-amino-alcohol motifs (C(OH)–C–C–N with tert-alkyl or cyclic N) is 1. The van der Waals surface area contributed by atoms with E-state index in [0.717, 1.165) is 24.3 Å². The molecule has 3 rings (SSSR count). The molecule has 0 aliphatic carbocycles. The maximum absolute atomic E-state index is 12.6. The van der Waals surface area contributed by atoms with Crippen LogP contribution >= 0.6 is 0 Å². The minimum atomic E-state index is -4.59. The van der Waals surface area contributed by atoms with E-state index in [1.807, 2.05) is 0 Å². The number of aliphatic hydroxyl groups excluding tert-OH is 1. The molecule has 12 heteroatoms. The van der Waals surface area contributed by atoms with E-state index in [1.165, 1.54) is 10.4 Å². The van der Waals surface area contributed by atoms with E-state index in [1.54, 1.807) is 12.1 Å². The topological polar surface area (TPSA) is 129 Å². The van der Waals surface area contributed by atoms with E-state index in [4.69, 9.17) is 20.7 Å². The number of benzene rings is 2. The highest BCUT2D eigenvalue weighted by atomic mass is 32.2. The lowest BCUT2D eigenvalue weighted by Crippen LogP contribution is -2.37. The molecular formula is C20H17F4N3O4S. The van der Waals surface area contributed by atoms with Crippen LogP contribution in [0, 0.1) is 28.5 Å². The third-order valence-electron chi connectivity index (χ3n) is 4.52. The van der Waals surface area contributed by atoms with Crippen LogP contribution in [-0.4, -0.2) is 49.1 Å². The fourth-order valence-electron chi connectivity index (χ4n) is 2.75. The predicted octanol–water partition coefficient (Wildman–Crippen LogP) is 2.43. The van der Waals surface area contributed by atoms with Crippen LogP contribution in [0.25, 0.3) is 0 Å². The van der Waals surface area contributed by atoms with Crippen LogP contribution in [0.5, 0.6) is 5.75 Å². The van der Waals surface area contributed by atoms with Gasteiger partial charge in [0.05, 0.1) is 34.3 Å². The first-order chi connectivity index (χ1) is 14.9. The third-order valence-corrected chi connectivity index (χ3v) is 6.03. The van der Waals surface area contributed by atoms with Crippen LogP contribution < -0.4 is 0 Å². The summed E-state index contributed by atoms with van der Waals surface area (Å²) >= 11 is 0. The Morgan fingerprint density at radius 3 is 2.34 bits per heavy atom. The van der Waals surface area contributed by atoms with E-state index in [9.17, 15) is 26.9 Å². The lowest BCUT2D eigenvalue weighted by molar-refractivity contribution is -0.137. The van der Waals surface area contributed by atoms with Gasteiger partial charge in [-0.05, 0) is 42.8 Å². The van der Waals surface area contributed by atoms with Gasteiger partial charge in [0.2, 0.25) is 0 Å². The van der Waals surface area contributed by atoms with E-state index in [0.29, 0.717) is 6.07 Å². The molecule has 0 bridgehead atoms. The van der Waals surface area contributed by atoms with Gasteiger partial charge in [0.1, 0.15) is 22.7 Å². The fraction of sp³-hybridized carbons (Fsp3) is 0.300. The van der Waals surface area contributed by atoms with Crippen molar-refractivity contribution in [2.24, 2.45) is 0 Å². The molecule has 2 aromatic carbocycles. The highest BCUT2D eigenvalue weighted by molar-refractivity contribution is 7.82. The number of rotatable bonds is 3. The molecule has 2 aromatic rings. The Kier molecular flexibility index (Phi) is 7.93.